The van der Waals surface area contributed by atoms with Gasteiger partial charge < -0.3 is 20.6 Å². The van der Waals surface area contributed by atoms with E-state index in [1.54, 1.807) is 7.11 Å². The number of amides is 1. The van der Waals surface area contributed by atoms with Crippen LogP contribution in [0.2, 0.25) is 0 Å². The molecule has 1 amide bonds. The average molecular weight is 331 g/mol. The molecule has 0 unspecified atom stereocenters. The molecule has 0 spiro atoms. The molecule has 0 saturated carbocycles. The van der Waals surface area contributed by atoms with E-state index in [-0.39, 0.29) is 24.2 Å². The summed E-state index contributed by atoms with van der Waals surface area (Å²) in [5, 5.41) is 6.33. The van der Waals surface area contributed by atoms with Gasteiger partial charge in [0.05, 0.1) is 7.11 Å². The van der Waals surface area contributed by atoms with Crippen LogP contribution in [0, 0.1) is 5.82 Å². The van der Waals surface area contributed by atoms with E-state index >= 15 is 0 Å². The summed E-state index contributed by atoms with van der Waals surface area (Å²) in [6, 6.07) is 12.8. The standard InChI is InChI=1S/C17H18FN3O3/c1-23-15-8-2-12(3-9-15)10-20-16(22)11-24-21-17(19)13-4-6-14(18)7-5-13/h2-9H,10-11H2,1H3,(H2,19,21)(H,20,22). The molecule has 0 aliphatic heterocycles. The molecule has 126 valence electrons. The van der Waals surface area contributed by atoms with Crippen LogP contribution in [0.3, 0.4) is 0 Å². The third-order valence-corrected chi connectivity index (χ3v) is 3.15. The van der Waals surface area contributed by atoms with Crippen molar-refractivity contribution >= 4 is 11.7 Å². The Morgan fingerprint density at radius 1 is 1.17 bits per heavy atom. The van der Waals surface area contributed by atoms with Gasteiger partial charge in [-0.15, -0.1) is 0 Å². The van der Waals surface area contributed by atoms with Crippen LogP contribution in [0.4, 0.5) is 4.39 Å². The van der Waals surface area contributed by atoms with Gasteiger partial charge in [0.1, 0.15) is 11.6 Å². The van der Waals surface area contributed by atoms with Crippen molar-refractivity contribution in [3.63, 3.8) is 0 Å². The number of nitrogens with two attached hydrogens (primary N) is 1. The minimum atomic E-state index is -0.370. The number of nitrogens with zero attached hydrogens (tertiary/aromatic N) is 1. The van der Waals surface area contributed by atoms with Gasteiger partial charge in [-0.1, -0.05) is 17.3 Å². The summed E-state index contributed by atoms with van der Waals surface area (Å²) < 4.78 is 17.9. The number of benzene rings is 2. The molecule has 7 heteroatoms. The van der Waals surface area contributed by atoms with E-state index in [2.05, 4.69) is 10.5 Å². The van der Waals surface area contributed by atoms with E-state index in [4.69, 9.17) is 15.3 Å². The van der Waals surface area contributed by atoms with Crippen LogP contribution in [0.25, 0.3) is 0 Å². The molecular weight excluding hydrogens is 313 g/mol. The zero-order valence-corrected chi connectivity index (χ0v) is 13.2. The molecule has 0 atom stereocenters. The van der Waals surface area contributed by atoms with Crippen molar-refractivity contribution < 1.29 is 18.8 Å². The van der Waals surface area contributed by atoms with E-state index in [9.17, 15) is 9.18 Å². The van der Waals surface area contributed by atoms with Gasteiger partial charge >= 0.3 is 0 Å². The van der Waals surface area contributed by atoms with E-state index in [0.717, 1.165) is 11.3 Å². The first-order chi connectivity index (χ1) is 11.6. The number of oxime groups is 1. The van der Waals surface area contributed by atoms with Crippen LogP contribution in [-0.4, -0.2) is 25.5 Å². The van der Waals surface area contributed by atoms with Crippen molar-refractivity contribution in [1.29, 1.82) is 0 Å². The molecule has 2 rings (SSSR count). The second-order valence-corrected chi connectivity index (χ2v) is 4.88. The molecule has 2 aromatic rings. The van der Waals surface area contributed by atoms with Crippen LogP contribution in [0.15, 0.2) is 53.7 Å². The monoisotopic (exact) mass is 331 g/mol. The maximum atomic E-state index is 12.8. The molecule has 0 aromatic heterocycles. The van der Waals surface area contributed by atoms with Gasteiger partial charge in [0, 0.05) is 12.1 Å². The Morgan fingerprint density at radius 3 is 2.46 bits per heavy atom. The lowest BCUT2D eigenvalue weighted by atomic mass is 10.2. The highest BCUT2D eigenvalue weighted by atomic mass is 19.1. The summed E-state index contributed by atoms with van der Waals surface area (Å²) in [5.41, 5.74) is 7.12. The van der Waals surface area contributed by atoms with Crippen molar-refractivity contribution in [1.82, 2.24) is 5.32 Å². The second-order valence-electron chi connectivity index (χ2n) is 4.88. The van der Waals surface area contributed by atoms with Crippen molar-refractivity contribution in [3.8, 4) is 5.75 Å². The highest BCUT2D eigenvalue weighted by Crippen LogP contribution is 2.10. The first kappa shape index (κ1) is 17.3. The number of hydrogen-bond donors (Lipinski definition) is 2. The number of nitrogens with one attached hydrogen (secondary N) is 1. The van der Waals surface area contributed by atoms with Crippen LogP contribution in [0.5, 0.6) is 5.75 Å². The van der Waals surface area contributed by atoms with E-state index < -0.39 is 0 Å². The molecule has 0 heterocycles. The molecule has 0 saturated heterocycles. The van der Waals surface area contributed by atoms with Gasteiger partial charge in [-0.25, -0.2) is 4.39 Å². The summed E-state index contributed by atoms with van der Waals surface area (Å²) in [6.45, 7) is 0.0986. The molecule has 0 aliphatic rings. The number of rotatable bonds is 7. The van der Waals surface area contributed by atoms with Gasteiger partial charge in [0.15, 0.2) is 12.4 Å². The summed E-state index contributed by atoms with van der Waals surface area (Å²) in [5.74, 6) is 0.115. The first-order valence-corrected chi connectivity index (χ1v) is 7.19. The molecule has 6 nitrogen and oxygen atoms in total. The summed E-state index contributed by atoms with van der Waals surface area (Å²) >= 11 is 0. The number of amidine groups is 1. The minimum absolute atomic E-state index is 0.0676. The molecule has 0 aliphatic carbocycles. The summed E-state index contributed by atoms with van der Waals surface area (Å²) in [4.78, 5) is 16.6. The highest BCUT2D eigenvalue weighted by Gasteiger charge is 2.04. The molecule has 0 radical (unpaired) electrons. The normalized spacial score (nSPS) is 11.0. The lowest BCUT2D eigenvalue weighted by Gasteiger charge is -2.06. The van der Waals surface area contributed by atoms with Crippen molar-refractivity contribution in [2.75, 3.05) is 13.7 Å². The number of carbonyl (C=O) groups excluding carboxylic acids is 1. The molecule has 2 aromatic carbocycles. The predicted molar refractivity (Wildman–Crippen MR) is 87.9 cm³/mol. The first-order valence-electron chi connectivity index (χ1n) is 7.19. The number of hydrogen-bond acceptors (Lipinski definition) is 4. The smallest absolute Gasteiger partial charge is 0.261 e. The molecular formula is C17H18FN3O3. The Morgan fingerprint density at radius 2 is 1.83 bits per heavy atom. The Labute approximate surface area is 139 Å². The lowest BCUT2D eigenvalue weighted by Crippen LogP contribution is -2.27. The Balaban J connectivity index is 1.76. The molecule has 24 heavy (non-hydrogen) atoms. The van der Waals surface area contributed by atoms with Crippen LogP contribution >= 0.6 is 0 Å². The SMILES string of the molecule is COc1ccc(CNC(=O)CO/N=C(\N)c2ccc(F)cc2)cc1. The third-order valence-electron chi connectivity index (χ3n) is 3.15. The topological polar surface area (TPSA) is 85.9 Å². The Bertz CT molecular complexity index is 700. The number of ether oxygens (including phenoxy) is 1. The zero-order chi connectivity index (χ0) is 17.4. The van der Waals surface area contributed by atoms with E-state index in [0.29, 0.717) is 12.1 Å². The third kappa shape index (κ3) is 5.28. The number of methoxy groups -OCH3 is 1. The fourth-order valence-corrected chi connectivity index (χ4v) is 1.83. The zero-order valence-electron chi connectivity index (χ0n) is 13.2. The van der Waals surface area contributed by atoms with E-state index in [1.165, 1.54) is 24.3 Å². The van der Waals surface area contributed by atoms with Crippen LogP contribution < -0.4 is 15.8 Å². The largest absolute Gasteiger partial charge is 0.497 e. The van der Waals surface area contributed by atoms with Gasteiger partial charge in [-0.05, 0) is 42.0 Å². The van der Waals surface area contributed by atoms with Crippen LogP contribution in [-0.2, 0) is 16.2 Å². The van der Waals surface area contributed by atoms with Gasteiger partial charge in [-0.2, -0.15) is 0 Å². The fraction of sp³-hybridized carbons (Fsp3) is 0.176. The Hall–Kier alpha value is -3.09. The van der Waals surface area contributed by atoms with Crippen molar-refractivity contribution in [3.05, 3.63) is 65.5 Å². The maximum Gasteiger partial charge on any atom is 0.261 e. The molecule has 3 N–H and O–H groups in total. The summed E-state index contributed by atoms with van der Waals surface area (Å²) in [6.07, 6.45) is 0. The predicted octanol–water partition coefficient (Wildman–Crippen LogP) is 1.79. The Kier molecular flexibility index (Phi) is 6.13. The van der Waals surface area contributed by atoms with Gasteiger partial charge in [0.25, 0.3) is 5.91 Å². The van der Waals surface area contributed by atoms with Gasteiger partial charge in [-0.3, -0.25) is 4.79 Å². The van der Waals surface area contributed by atoms with Gasteiger partial charge in [0.2, 0.25) is 0 Å². The van der Waals surface area contributed by atoms with E-state index in [1.807, 2.05) is 24.3 Å². The average Bonchev–Trinajstić information content (AvgIpc) is 2.61. The van der Waals surface area contributed by atoms with Crippen molar-refractivity contribution in [2.45, 2.75) is 6.54 Å². The number of halogens is 1. The fourth-order valence-electron chi connectivity index (χ4n) is 1.83. The molecule has 0 bridgehead atoms. The summed E-state index contributed by atoms with van der Waals surface area (Å²) in [7, 11) is 1.59. The highest BCUT2D eigenvalue weighted by molar-refractivity contribution is 5.97. The second kappa shape index (κ2) is 8.52. The minimum Gasteiger partial charge on any atom is -0.497 e. The molecule has 0 fully saturated rings. The quantitative estimate of drug-likeness (QED) is 0.460. The maximum absolute atomic E-state index is 12.8. The number of carbonyl (C=O) groups is 1. The van der Waals surface area contributed by atoms with Crippen molar-refractivity contribution in [2.24, 2.45) is 10.9 Å². The lowest BCUT2D eigenvalue weighted by molar-refractivity contribution is -0.125. The van der Waals surface area contributed by atoms with Crippen LogP contribution in [0.1, 0.15) is 11.1 Å².